The van der Waals surface area contributed by atoms with E-state index in [2.05, 4.69) is 15.5 Å². The number of aryl methyl sites for hydroxylation is 2. The molecule has 31 heavy (non-hydrogen) atoms. The van der Waals surface area contributed by atoms with Crippen molar-refractivity contribution in [1.82, 2.24) is 10.2 Å². The van der Waals surface area contributed by atoms with Crippen LogP contribution in [0, 0.1) is 24.0 Å². The van der Waals surface area contributed by atoms with E-state index < -0.39 is 10.8 Å². The molecule has 0 aliphatic rings. The van der Waals surface area contributed by atoms with Gasteiger partial charge in [-0.1, -0.05) is 17.8 Å². The minimum Gasteiger partial charge on any atom is -0.496 e. The highest BCUT2D eigenvalue weighted by atomic mass is 32.2. The molecule has 0 atom stereocenters. The maximum absolute atomic E-state index is 12.2. The molecule has 0 fully saturated rings. The first-order valence-electron chi connectivity index (χ1n) is 9.12. The van der Waals surface area contributed by atoms with Crippen LogP contribution in [0.2, 0.25) is 0 Å². The molecule has 11 heteroatoms. The molecule has 1 heterocycles. The van der Waals surface area contributed by atoms with Gasteiger partial charge in [-0.15, -0.1) is 10.2 Å². The quantitative estimate of drug-likeness (QED) is 0.296. The number of methoxy groups -OCH3 is 1. The van der Waals surface area contributed by atoms with Gasteiger partial charge in [0, 0.05) is 0 Å². The van der Waals surface area contributed by atoms with Gasteiger partial charge in [-0.3, -0.25) is 14.9 Å². The Hall–Kier alpha value is -3.60. The summed E-state index contributed by atoms with van der Waals surface area (Å²) in [5, 5.41) is 21.7. The Morgan fingerprint density at radius 1 is 1.16 bits per heavy atom. The third kappa shape index (κ3) is 6.19. The number of nitrogens with one attached hydrogen (secondary N) is 1. The highest BCUT2D eigenvalue weighted by molar-refractivity contribution is 7.99. The molecule has 0 spiro atoms. The lowest BCUT2D eigenvalue weighted by molar-refractivity contribution is -0.384. The lowest BCUT2D eigenvalue weighted by Gasteiger charge is -2.07. The van der Waals surface area contributed by atoms with Crippen LogP contribution < -0.4 is 14.8 Å². The number of thioether (sulfide) groups is 1. The Morgan fingerprint density at radius 3 is 2.58 bits per heavy atom. The number of benzene rings is 2. The van der Waals surface area contributed by atoms with E-state index in [0.717, 1.165) is 22.9 Å². The standard InChI is InChI=1S/C20H20N4O6S/c1-12-6-13(2)8-15(7-12)29-10-19-22-23-20(30-19)31-11-18(25)21-16-5-4-14(28-3)9-17(16)24(26)27/h4-9H,10-11H2,1-3H3,(H,21,25). The van der Waals surface area contributed by atoms with E-state index in [-0.39, 0.29) is 34.8 Å². The van der Waals surface area contributed by atoms with Gasteiger partial charge in [0.25, 0.3) is 16.8 Å². The molecular weight excluding hydrogens is 424 g/mol. The summed E-state index contributed by atoms with van der Waals surface area (Å²) in [6, 6.07) is 10.0. The van der Waals surface area contributed by atoms with Gasteiger partial charge in [0.1, 0.15) is 17.2 Å². The van der Waals surface area contributed by atoms with Gasteiger partial charge in [0.15, 0.2) is 6.61 Å². The van der Waals surface area contributed by atoms with E-state index in [1.54, 1.807) is 0 Å². The predicted molar refractivity (Wildman–Crippen MR) is 114 cm³/mol. The van der Waals surface area contributed by atoms with Crippen molar-refractivity contribution in [3.8, 4) is 11.5 Å². The molecule has 1 aromatic heterocycles. The van der Waals surface area contributed by atoms with Crippen LogP contribution in [0.4, 0.5) is 11.4 Å². The second-order valence-electron chi connectivity index (χ2n) is 6.55. The zero-order chi connectivity index (χ0) is 22.4. The van der Waals surface area contributed by atoms with Crippen molar-refractivity contribution >= 4 is 29.0 Å². The van der Waals surface area contributed by atoms with Crippen molar-refractivity contribution in [2.45, 2.75) is 25.7 Å². The SMILES string of the molecule is COc1ccc(NC(=O)CSc2nnc(COc3cc(C)cc(C)c3)o2)c([N+](=O)[O-])c1. The maximum atomic E-state index is 12.2. The van der Waals surface area contributed by atoms with E-state index in [4.69, 9.17) is 13.9 Å². The molecule has 1 amide bonds. The van der Waals surface area contributed by atoms with Gasteiger partial charge in [-0.05, 0) is 49.2 Å². The van der Waals surface area contributed by atoms with Crippen molar-refractivity contribution in [2.24, 2.45) is 0 Å². The Morgan fingerprint density at radius 2 is 1.90 bits per heavy atom. The van der Waals surface area contributed by atoms with Crippen LogP contribution in [0.3, 0.4) is 0 Å². The van der Waals surface area contributed by atoms with E-state index >= 15 is 0 Å². The number of carbonyl (C=O) groups is 1. The highest BCUT2D eigenvalue weighted by Crippen LogP contribution is 2.29. The topological polar surface area (TPSA) is 130 Å². The zero-order valence-electron chi connectivity index (χ0n) is 17.1. The molecule has 3 rings (SSSR count). The normalized spacial score (nSPS) is 10.5. The van der Waals surface area contributed by atoms with Gasteiger partial charge < -0.3 is 19.2 Å². The fourth-order valence-electron chi connectivity index (χ4n) is 2.72. The van der Waals surface area contributed by atoms with Crippen molar-refractivity contribution in [1.29, 1.82) is 0 Å². The summed E-state index contributed by atoms with van der Waals surface area (Å²) in [5.74, 6) is 0.770. The Kier molecular flexibility index (Phi) is 7.08. The van der Waals surface area contributed by atoms with Gasteiger partial charge in [-0.25, -0.2) is 0 Å². The number of carbonyl (C=O) groups excluding carboxylic acids is 1. The lowest BCUT2D eigenvalue weighted by atomic mass is 10.1. The van der Waals surface area contributed by atoms with E-state index in [1.165, 1.54) is 25.3 Å². The average molecular weight is 444 g/mol. The molecule has 0 saturated carbocycles. The predicted octanol–water partition coefficient (Wildman–Crippen LogP) is 3.91. The van der Waals surface area contributed by atoms with Crippen LogP contribution in [-0.4, -0.2) is 33.9 Å². The van der Waals surface area contributed by atoms with Crippen LogP contribution in [0.15, 0.2) is 46.0 Å². The number of ether oxygens (including phenoxy) is 2. The number of nitro benzene ring substituents is 1. The first-order chi connectivity index (χ1) is 14.8. The number of nitrogens with zero attached hydrogens (tertiary/aromatic N) is 3. The number of hydrogen-bond donors (Lipinski definition) is 1. The summed E-state index contributed by atoms with van der Waals surface area (Å²) in [6.07, 6.45) is 0. The molecule has 10 nitrogen and oxygen atoms in total. The molecule has 1 N–H and O–H groups in total. The summed E-state index contributed by atoms with van der Waals surface area (Å²) >= 11 is 1.01. The molecule has 2 aromatic carbocycles. The minimum atomic E-state index is -0.592. The lowest BCUT2D eigenvalue weighted by Crippen LogP contribution is -2.15. The van der Waals surface area contributed by atoms with Crippen LogP contribution in [0.1, 0.15) is 17.0 Å². The van der Waals surface area contributed by atoms with E-state index in [1.807, 2.05) is 32.0 Å². The van der Waals surface area contributed by atoms with Crippen LogP contribution in [0.25, 0.3) is 0 Å². The molecule has 0 radical (unpaired) electrons. The summed E-state index contributed by atoms with van der Waals surface area (Å²) in [6.45, 7) is 4.06. The first-order valence-corrected chi connectivity index (χ1v) is 10.1. The number of aromatic nitrogens is 2. The van der Waals surface area contributed by atoms with Gasteiger partial charge >= 0.3 is 0 Å². The van der Waals surface area contributed by atoms with Crippen molar-refractivity contribution in [3.63, 3.8) is 0 Å². The molecule has 0 unspecified atom stereocenters. The van der Waals surface area contributed by atoms with Gasteiger partial charge in [0.2, 0.25) is 5.91 Å². The number of nitro groups is 1. The Balaban J connectivity index is 1.53. The third-order valence-corrected chi connectivity index (χ3v) is 4.83. The fraction of sp³-hybridized carbons (Fsp3) is 0.250. The second-order valence-corrected chi connectivity index (χ2v) is 7.48. The van der Waals surface area contributed by atoms with E-state index in [0.29, 0.717) is 11.5 Å². The Labute approximate surface area is 182 Å². The number of amides is 1. The first kappa shape index (κ1) is 22.1. The Bertz CT molecular complexity index is 1080. The smallest absolute Gasteiger partial charge is 0.296 e. The number of anilines is 1. The van der Waals surface area contributed by atoms with Gasteiger partial charge in [0.05, 0.1) is 23.9 Å². The van der Waals surface area contributed by atoms with Crippen LogP contribution >= 0.6 is 11.8 Å². The van der Waals surface area contributed by atoms with Crippen molar-refractivity contribution in [3.05, 3.63) is 63.5 Å². The molecule has 162 valence electrons. The van der Waals surface area contributed by atoms with Gasteiger partial charge in [-0.2, -0.15) is 0 Å². The van der Waals surface area contributed by atoms with Crippen molar-refractivity contribution in [2.75, 3.05) is 18.2 Å². The summed E-state index contributed by atoms with van der Waals surface area (Å²) in [5.41, 5.74) is 1.98. The maximum Gasteiger partial charge on any atom is 0.296 e. The monoisotopic (exact) mass is 444 g/mol. The minimum absolute atomic E-state index is 0.0667. The van der Waals surface area contributed by atoms with E-state index in [9.17, 15) is 14.9 Å². The molecule has 3 aromatic rings. The van der Waals surface area contributed by atoms with Crippen LogP contribution in [-0.2, 0) is 11.4 Å². The number of hydrogen-bond acceptors (Lipinski definition) is 9. The summed E-state index contributed by atoms with van der Waals surface area (Å²) < 4.78 is 16.1. The van der Waals surface area contributed by atoms with Crippen LogP contribution in [0.5, 0.6) is 11.5 Å². The molecular formula is C20H20N4O6S. The zero-order valence-corrected chi connectivity index (χ0v) is 17.9. The third-order valence-electron chi connectivity index (χ3n) is 4.01. The molecule has 0 saturated heterocycles. The summed E-state index contributed by atoms with van der Waals surface area (Å²) in [4.78, 5) is 22.8. The highest BCUT2D eigenvalue weighted by Gasteiger charge is 2.18. The largest absolute Gasteiger partial charge is 0.496 e. The number of rotatable bonds is 9. The molecule has 0 aliphatic heterocycles. The fourth-order valence-corrected chi connectivity index (χ4v) is 3.31. The average Bonchev–Trinajstić information content (AvgIpc) is 3.18. The second kappa shape index (κ2) is 9.94. The van der Waals surface area contributed by atoms with Crippen molar-refractivity contribution < 1.29 is 23.6 Å². The summed E-state index contributed by atoms with van der Waals surface area (Å²) in [7, 11) is 1.40. The molecule has 0 aliphatic carbocycles. The molecule has 0 bridgehead atoms.